The Morgan fingerprint density at radius 3 is 2.32 bits per heavy atom. The Balaban J connectivity index is 1.77. The second-order valence-electron chi connectivity index (χ2n) is 5.16. The normalized spacial score (nSPS) is 16.5. The molecule has 4 heteroatoms. The van der Waals surface area contributed by atoms with Crippen molar-refractivity contribution in [2.24, 2.45) is 4.99 Å². The molecule has 0 aliphatic carbocycles. The molecule has 0 bridgehead atoms. The summed E-state index contributed by atoms with van der Waals surface area (Å²) in [6.45, 7) is 0. The topological polar surface area (TPSA) is 47.2 Å². The van der Waals surface area contributed by atoms with Crippen molar-refractivity contribution in [1.29, 1.82) is 0 Å². The first-order valence-electron chi connectivity index (χ1n) is 7.11. The molecule has 3 aromatic rings. The molecule has 4 nitrogen and oxygen atoms in total. The van der Waals surface area contributed by atoms with Gasteiger partial charge in [-0.2, -0.15) is 9.78 Å². The van der Waals surface area contributed by atoms with E-state index in [4.69, 9.17) is 0 Å². The first kappa shape index (κ1) is 12.7. The van der Waals surface area contributed by atoms with Crippen molar-refractivity contribution >= 4 is 17.9 Å². The summed E-state index contributed by atoms with van der Waals surface area (Å²) in [5, 5.41) is 4.24. The van der Waals surface area contributed by atoms with Crippen LogP contribution in [0.15, 0.2) is 71.9 Å². The number of aromatic nitrogens is 2. The van der Waals surface area contributed by atoms with Gasteiger partial charge in [0.15, 0.2) is 5.82 Å². The van der Waals surface area contributed by atoms with Gasteiger partial charge in [0, 0.05) is 11.8 Å². The highest BCUT2D eigenvalue weighted by atomic mass is 16.2. The van der Waals surface area contributed by atoms with Gasteiger partial charge in [0.2, 0.25) is 0 Å². The van der Waals surface area contributed by atoms with Crippen molar-refractivity contribution in [1.82, 2.24) is 9.78 Å². The second-order valence-corrected chi connectivity index (χ2v) is 5.16. The molecule has 22 heavy (non-hydrogen) atoms. The fourth-order valence-electron chi connectivity index (χ4n) is 2.68. The van der Waals surface area contributed by atoms with Crippen LogP contribution in [-0.2, 0) is 0 Å². The van der Waals surface area contributed by atoms with E-state index in [1.807, 2.05) is 60.7 Å². The number of carbonyl (C=O) groups is 1. The van der Waals surface area contributed by atoms with E-state index in [-0.39, 0.29) is 11.8 Å². The minimum absolute atomic E-state index is 0.0709. The van der Waals surface area contributed by atoms with Crippen LogP contribution in [-0.4, -0.2) is 21.9 Å². The smallest absolute Gasteiger partial charge is 0.261 e. The SMILES string of the molecule is O=C1[C@H](c2ccccc2)C=Nc2c(-c3ccccc3)cnn21. The predicted octanol–water partition coefficient (Wildman–Crippen LogP) is 3.69. The van der Waals surface area contributed by atoms with Crippen LogP contribution in [0.3, 0.4) is 0 Å². The summed E-state index contributed by atoms with van der Waals surface area (Å²) >= 11 is 0. The van der Waals surface area contributed by atoms with Crippen LogP contribution < -0.4 is 0 Å². The molecule has 0 amide bonds. The Hall–Kier alpha value is -3.01. The molecule has 1 aliphatic rings. The van der Waals surface area contributed by atoms with E-state index < -0.39 is 0 Å². The molecule has 1 aliphatic heterocycles. The van der Waals surface area contributed by atoms with Gasteiger partial charge in [0.25, 0.3) is 5.91 Å². The molecule has 0 unspecified atom stereocenters. The molecule has 0 spiro atoms. The van der Waals surface area contributed by atoms with Crippen LogP contribution in [0, 0.1) is 0 Å². The summed E-state index contributed by atoms with van der Waals surface area (Å²) in [6, 6.07) is 19.5. The van der Waals surface area contributed by atoms with Gasteiger partial charge in [-0.25, -0.2) is 4.99 Å². The lowest BCUT2D eigenvalue weighted by Crippen LogP contribution is -2.25. The molecular weight excluding hydrogens is 274 g/mol. The fraction of sp³-hybridized carbons (Fsp3) is 0.0556. The van der Waals surface area contributed by atoms with Gasteiger partial charge in [-0.15, -0.1) is 0 Å². The average molecular weight is 287 g/mol. The lowest BCUT2D eigenvalue weighted by Gasteiger charge is -2.16. The summed E-state index contributed by atoms with van der Waals surface area (Å²) in [5.74, 6) is 0.152. The van der Waals surface area contributed by atoms with E-state index in [0.29, 0.717) is 5.82 Å². The van der Waals surface area contributed by atoms with Gasteiger partial charge in [-0.3, -0.25) is 4.79 Å². The average Bonchev–Trinajstić information content (AvgIpc) is 3.02. The van der Waals surface area contributed by atoms with Crippen LogP contribution >= 0.6 is 0 Å². The number of hydrogen-bond acceptors (Lipinski definition) is 3. The molecule has 4 rings (SSSR count). The van der Waals surface area contributed by atoms with Crippen LogP contribution in [0.25, 0.3) is 11.1 Å². The molecule has 2 heterocycles. The van der Waals surface area contributed by atoms with Crippen molar-refractivity contribution in [2.75, 3.05) is 0 Å². The zero-order valence-electron chi connectivity index (χ0n) is 11.8. The first-order valence-corrected chi connectivity index (χ1v) is 7.11. The van der Waals surface area contributed by atoms with Crippen LogP contribution in [0.2, 0.25) is 0 Å². The molecule has 106 valence electrons. The number of nitrogens with zero attached hydrogens (tertiary/aromatic N) is 3. The minimum Gasteiger partial charge on any atom is -0.271 e. The zero-order valence-corrected chi connectivity index (χ0v) is 11.8. The highest BCUT2D eigenvalue weighted by Gasteiger charge is 2.28. The van der Waals surface area contributed by atoms with Crippen molar-refractivity contribution < 1.29 is 4.79 Å². The van der Waals surface area contributed by atoms with Gasteiger partial charge in [-0.05, 0) is 11.1 Å². The van der Waals surface area contributed by atoms with Crippen LogP contribution in [0.4, 0.5) is 5.82 Å². The lowest BCUT2D eigenvalue weighted by atomic mass is 9.98. The Morgan fingerprint density at radius 2 is 1.59 bits per heavy atom. The first-order chi connectivity index (χ1) is 10.8. The minimum atomic E-state index is -0.378. The summed E-state index contributed by atoms with van der Waals surface area (Å²) in [6.07, 6.45) is 3.41. The number of aliphatic imine (C=N–C) groups is 1. The molecule has 2 aromatic carbocycles. The van der Waals surface area contributed by atoms with E-state index in [2.05, 4.69) is 10.1 Å². The Labute approximate surface area is 127 Å². The van der Waals surface area contributed by atoms with E-state index >= 15 is 0 Å². The monoisotopic (exact) mass is 287 g/mol. The molecule has 0 saturated carbocycles. The molecule has 0 fully saturated rings. The molecular formula is C18H13N3O. The quantitative estimate of drug-likeness (QED) is 0.721. The number of hydrogen-bond donors (Lipinski definition) is 0. The van der Waals surface area contributed by atoms with Crippen molar-refractivity contribution in [3.8, 4) is 11.1 Å². The maximum absolute atomic E-state index is 12.7. The number of rotatable bonds is 2. The van der Waals surface area contributed by atoms with Crippen molar-refractivity contribution in [2.45, 2.75) is 5.92 Å². The largest absolute Gasteiger partial charge is 0.271 e. The second kappa shape index (κ2) is 5.07. The summed E-state index contributed by atoms with van der Waals surface area (Å²) in [7, 11) is 0. The summed E-state index contributed by atoms with van der Waals surface area (Å²) in [4.78, 5) is 17.2. The number of fused-ring (bicyclic) bond motifs is 1. The van der Waals surface area contributed by atoms with Gasteiger partial charge in [-0.1, -0.05) is 60.7 Å². The summed E-state index contributed by atoms with van der Waals surface area (Å²) in [5.41, 5.74) is 2.81. The molecule has 1 atom stereocenters. The highest BCUT2D eigenvalue weighted by molar-refractivity contribution is 6.05. The fourth-order valence-corrected chi connectivity index (χ4v) is 2.68. The van der Waals surface area contributed by atoms with Crippen LogP contribution in [0.5, 0.6) is 0 Å². The third kappa shape index (κ3) is 1.97. The zero-order chi connectivity index (χ0) is 14.9. The third-order valence-electron chi connectivity index (χ3n) is 3.81. The third-order valence-corrected chi connectivity index (χ3v) is 3.81. The number of carbonyl (C=O) groups excluding carboxylic acids is 1. The highest BCUT2D eigenvalue weighted by Crippen LogP contribution is 2.34. The van der Waals surface area contributed by atoms with E-state index in [0.717, 1.165) is 16.7 Å². The van der Waals surface area contributed by atoms with Gasteiger partial charge < -0.3 is 0 Å². The van der Waals surface area contributed by atoms with E-state index in [9.17, 15) is 4.79 Å². The van der Waals surface area contributed by atoms with Crippen molar-refractivity contribution in [3.63, 3.8) is 0 Å². The maximum Gasteiger partial charge on any atom is 0.261 e. The Morgan fingerprint density at radius 1 is 0.909 bits per heavy atom. The predicted molar refractivity (Wildman–Crippen MR) is 85.6 cm³/mol. The number of benzene rings is 2. The maximum atomic E-state index is 12.7. The lowest BCUT2D eigenvalue weighted by molar-refractivity contribution is 0.0887. The van der Waals surface area contributed by atoms with Gasteiger partial charge in [0.1, 0.15) is 5.92 Å². The standard InChI is InChI=1S/C18H13N3O/c22-18-16(14-9-5-2-6-10-14)11-19-17-15(12-20-21(17)18)13-7-3-1-4-8-13/h1-12,16H/t16-/m0/s1. The van der Waals surface area contributed by atoms with E-state index in [1.54, 1.807) is 12.4 Å². The molecule has 1 aromatic heterocycles. The van der Waals surface area contributed by atoms with Gasteiger partial charge in [0.05, 0.1) is 6.20 Å². The Kier molecular flexibility index (Phi) is 2.93. The molecule has 0 N–H and O–H groups in total. The summed E-state index contributed by atoms with van der Waals surface area (Å²) < 4.78 is 1.40. The van der Waals surface area contributed by atoms with Gasteiger partial charge >= 0.3 is 0 Å². The van der Waals surface area contributed by atoms with E-state index in [1.165, 1.54) is 4.68 Å². The Bertz CT molecular complexity index is 851. The molecule has 0 radical (unpaired) electrons. The van der Waals surface area contributed by atoms with Crippen LogP contribution in [0.1, 0.15) is 16.3 Å². The molecule has 0 saturated heterocycles. The van der Waals surface area contributed by atoms with Crippen molar-refractivity contribution in [3.05, 3.63) is 72.4 Å².